The molecule has 1 heterocycles. The summed E-state index contributed by atoms with van der Waals surface area (Å²) in [6, 6.07) is 0. The van der Waals surface area contributed by atoms with Gasteiger partial charge in [-0.25, -0.2) is 0 Å². The average Bonchev–Trinajstić information content (AvgIpc) is 2.60. The second kappa shape index (κ2) is 6.27. The molecule has 0 bridgehead atoms. The van der Waals surface area contributed by atoms with Crippen molar-refractivity contribution in [1.29, 1.82) is 0 Å². The van der Waals surface area contributed by atoms with E-state index in [0.29, 0.717) is 5.25 Å². The largest absolute Gasteiger partial charge is 0.380 e. The van der Waals surface area contributed by atoms with Crippen molar-refractivity contribution >= 4 is 16.9 Å². The smallest absolute Gasteiger partial charge is 0.157 e. The summed E-state index contributed by atoms with van der Waals surface area (Å²) in [4.78, 5) is 4.40. The SMILES string of the molecule is CCOCCNC1=NCC(CC)S1. The highest BCUT2D eigenvalue weighted by molar-refractivity contribution is 8.14. The van der Waals surface area contributed by atoms with E-state index in [9.17, 15) is 0 Å². The fraction of sp³-hybridized carbons (Fsp3) is 0.889. The third-order valence-corrected chi connectivity index (χ3v) is 3.21. The van der Waals surface area contributed by atoms with Crippen LogP contribution in [0.2, 0.25) is 0 Å². The van der Waals surface area contributed by atoms with Crippen LogP contribution in [0.1, 0.15) is 20.3 Å². The number of hydrogen-bond donors (Lipinski definition) is 1. The lowest BCUT2D eigenvalue weighted by atomic mass is 10.3. The number of aliphatic imine (C=N–C) groups is 1. The molecule has 13 heavy (non-hydrogen) atoms. The maximum atomic E-state index is 5.22. The van der Waals surface area contributed by atoms with Crippen LogP contribution in [0.5, 0.6) is 0 Å². The first-order chi connectivity index (χ1) is 6.36. The molecule has 0 aromatic heterocycles. The zero-order valence-corrected chi connectivity index (χ0v) is 9.19. The van der Waals surface area contributed by atoms with Crippen LogP contribution in [-0.4, -0.2) is 36.7 Å². The van der Waals surface area contributed by atoms with Gasteiger partial charge in [0.15, 0.2) is 5.17 Å². The molecule has 0 amide bonds. The van der Waals surface area contributed by atoms with Gasteiger partial charge in [-0.15, -0.1) is 0 Å². The Morgan fingerprint density at radius 2 is 2.46 bits per heavy atom. The summed E-state index contributed by atoms with van der Waals surface area (Å²) in [5.41, 5.74) is 0. The van der Waals surface area contributed by atoms with Crippen molar-refractivity contribution < 1.29 is 4.74 Å². The first kappa shape index (κ1) is 10.9. The van der Waals surface area contributed by atoms with E-state index in [1.165, 1.54) is 6.42 Å². The van der Waals surface area contributed by atoms with E-state index >= 15 is 0 Å². The number of nitrogens with one attached hydrogen (secondary N) is 1. The highest BCUT2D eigenvalue weighted by atomic mass is 32.2. The molecule has 76 valence electrons. The standard InChI is InChI=1S/C9H18N2OS/c1-3-8-7-11-9(13-8)10-5-6-12-4-2/h8H,3-7H2,1-2H3,(H,10,11). The normalized spacial score (nSPS) is 21.7. The van der Waals surface area contributed by atoms with E-state index in [4.69, 9.17) is 4.74 Å². The predicted molar refractivity (Wildman–Crippen MR) is 58.5 cm³/mol. The molecule has 0 saturated heterocycles. The van der Waals surface area contributed by atoms with Gasteiger partial charge in [-0.2, -0.15) is 0 Å². The Hall–Kier alpha value is -0.220. The van der Waals surface area contributed by atoms with Crippen molar-refractivity contribution in [3.63, 3.8) is 0 Å². The zero-order chi connectivity index (χ0) is 9.52. The lowest BCUT2D eigenvalue weighted by Crippen LogP contribution is -2.24. The van der Waals surface area contributed by atoms with Gasteiger partial charge in [0.1, 0.15) is 0 Å². The first-order valence-electron chi connectivity index (χ1n) is 4.89. The van der Waals surface area contributed by atoms with Crippen LogP contribution >= 0.6 is 11.8 Å². The third-order valence-electron chi connectivity index (χ3n) is 1.90. The predicted octanol–water partition coefficient (Wildman–Crippen LogP) is 1.49. The summed E-state index contributed by atoms with van der Waals surface area (Å²) in [6.07, 6.45) is 1.20. The van der Waals surface area contributed by atoms with Gasteiger partial charge in [0.05, 0.1) is 13.2 Å². The van der Waals surface area contributed by atoms with Gasteiger partial charge in [0.25, 0.3) is 0 Å². The van der Waals surface area contributed by atoms with Crippen LogP contribution in [0.4, 0.5) is 0 Å². The maximum Gasteiger partial charge on any atom is 0.157 e. The van der Waals surface area contributed by atoms with Gasteiger partial charge in [-0.3, -0.25) is 4.99 Å². The summed E-state index contributed by atoms with van der Waals surface area (Å²) in [5.74, 6) is 0. The molecular formula is C9H18N2OS. The van der Waals surface area contributed by atoms with Crippen molar-refractivity contribution in [3.05, 3.63) is 0 Å². The van der Waals surface area contributed by atoms with Gasteiger partial charge in [0.2, 0.25) is 0 Å². The van der Waals surface area contributed by atoms with E-state index in [2.05, 4.69) is 17.2 Å². The van der Waals surface area contributed by atoms with Gasteiger partial charge in [-0.05, 0) is 13.3 Å². The summed E-state index contributed by atoms with van der Waals surface area (Å²) in [6.45, 7) is 7.62. The fourth-order valence-corrected chi connectivity index (χ4v) is 2.07. The minimum absolute atomic E-state index is 0.689. The number of rotatable bonds is 5. The quantitative estimate of drug-likeness (QED) is 0.686. The lowest BCUT2D eigenvalue weighted by Gasteiger charge is -2.06. The van der Waals surface area contributed by atoms with Crippen LogP contribution < -0.4 is 5.32 Å². The van der Waals surface area contributed by atoms with Crippen LogP contribution in [0.3, 0.4) is 0 Å². The highest BCUT2D eigenvalue weighted by Gasteiger charge is 2.16. The zero-order valence-electron chi connectivity index (χ0n) is 8.38. The number of amidine groups is 1. The molecule has 0 saturated carbocycles. The average molecular weight is 202 g/mol. The third kappa shape index (κ3) is 4.00. The number of hydrogen-bond acceptors (Lipinski definition) is 4. The first-order valence-corrected chi connectivity index (χ1v) is 5.77. The van der Waals surface area contributed by atoms with Crippen molar-refractivity contribution in [2.24, 2.45) is 4.99 Å². The molecule has 1 aliphatic heterocycles. The second-order valence-corrected chi connectivity index (χ2v) is 4.21. The molecule has 0 spiro atoms. The molecule has 1 aliphatic rings. The number of thioether (sulfide) groups is 1. The number of nitrogens with zero attached hydrogens (tertiary/aromatic N) is 1. The highest BCUT2D eigenvalue weighted by Crippen LogP contribution is 2.21. The fourth-order valence-electron chi connectivity index (χ4n) is 1.10. The van der Waals surface area contributed by atoms with Crippen molar-refractivity contribution in [2.75, 3.05) is 26.3 Å². The molecule has 1 rings (SSSR count). The van der Waals surface area contributed by atoms with E-state index in [-0.39, 0.29) is 0 Å². The molecular weight excluding hydrogens is 184 g/mol. The van der Waals surface area contributed by atoms with Crippen LogP contribution in [0.25, 0.3) is 0 Å². The van der Waals surface area contributed by atoms with Crippen LogP contribution in [-0.2, 0) is 4.74 Å². The van der Waals surface area contributed by atoms with Gasteiger partial charge < -0.3 is 10.1 Å². The molecule has 0 radical (unpaired) electrons. The minimum atomic E-state index is 0.689. The molecule has 1 atom stereocenters. The Kier molecular flexibility index (Phi) is 5.23. The molecule has 0 aromatic rings. The summed E-state index contributed by atoms with van der Waals surface area (Å²) in [5, 5.41) is 5.05. The second-order valence-electron chi connectivity index (χ2n) is 2.92. The molecule has 3 nitrogen and oxygen atoms in total. The summed E-state index contributed by atoms with van der Waals surface area (Å²) < 4.78 is 5.22. The Bertz CT molecular complexity index is 173. The Morgan fingerprint density at radius 1 is 1.62 bits per heavy atom. The van der Waals surface area contributed by atoms with Crippen molar-refractivity contribution in [3.8, 4) is 0 Å². The lowest BCUT2D eigenvalue weighted by molar-refractivity contribution is 0.153. The maximum absolute atomic E-state index is 5.22. The molecule has 1 unspecified atom stereocenters. The topological polar surface area (TPSA) is 33.6 Å². The molecule has 0 aromatic carbocycles. The van der Waals surface area contributed by atoms with Gasteiger partial charge in [-0.1, -0.05) is 18.7 Å². The molecule has 0 aliphatic carbocycles. The minimum Gasteiger partial charge on any atom is -0.380 e. The van der Waals surface area contributed by atoms with Gasteiger partial charge in [0, 0.05) is 18.4 Å². The van der Waals surface area contributed by atoms with Crippen molar-refractivity contribution in [2.45, 2.75) is 25.5 Å². The van der Waals surface area contributed by atoms with Crippen LogP contribution in [0.15, 0.2) is 4.99 Å². The Labute approximate surface area is 84.3 Å². The summed E-state index contributed by atoms with van der Waals surface area (Å²) in [7, 11) is 0. The van der Waals surface area contributed by atoms with E-state index in [1.807, 2.05) is 18.7 Å². The monoisotopic (exact) mass is 202 g/mol. The van der Waals surface area contributed by atoms with E-state index < -0.39 is 0 Å². The molecule has 0 fully saturated rings. The molecule has 4 heteroatoms. The van der Waals surface area contributed by atoms with Gasteiger partial charge >= 0.3 is 0 Å². The molecule has 1 N–H and O–H groups in total. The van der Waals surface area contributed by atoms with E-state index in [0.717, 1.165) is 31.5 Å². The Balaban J connectivity index is 2.03. The summed E-state index contributed by atoms with van der Waals surface area (Å²) >= 11 is 1.85. The number of ether oxygens (including phenoxy) is 1. The van der Waals surface area contributed by atoms with Crippen LogP contribution in [0, 0.1) is 0 Å². The van der Waals surface area contributed by atoms with E-state index in [1.54, 1.807) is 0 Å². The Morgan fingerprint density at radius 3 is 3.08 bits per heavy atom. The van der Waals surface area contributed by atoms with Crippen molar-refractivity contribution in [1.82, 2.24) is 5.32 Å².